The van der Waals surface area contributed by atoms with Gasteiger partial charge in [-0.05, 0) is 61.8 Å². The van der Waals surface area contributed by atoms with Crippen molar-refractivity contribution in [1.82, 2.24) is 40.4 Å². The van der Waals surface area contributed by atoms with E-state index in [1.54, 1.807) is 36.4 Å². The molecule has 4 aromatic rings. The molecule has 5 unspecified atom stereocenters. The molecule has 0 aliphatic carbocycles. The number of imidazole rings is 2. The van der Waals surface area contributed by atoms with Gasteiger partial charge < -0.3 is 58.8 Å². The number of amides is 4. The number of carbonyl (C=O) groups is 4. The Labute approximate surface area is 380 Å². The van der Waals surface area contributed by atoms with Gasteiger partial charge in [0.25, 0.3) is 0 Å². The van der Waals surface area contributed by atoms with Gasteiger partial charge in [-0.25, -0.2) is 19.6 Å². The van der Waals surface area contributed by atoms with Crippen LogP contribution in [0.1, 0.15) is 83.5 Å². The number of hydrogen-bond donors (Lipinski definition) is 4. The third-order valence-electron chi connectivity index (χ3n) is 12.2. The molecule has 4 amide bonds. The normalized spacial score (nSPS) is 17.4. The highest BCUT2D eigenvalue weighted by Crippen LogP contribution is 2.42. The highest BCUT2D eigenvalue weighted by molar-refractivity contribution is 5.87. The van der Waals surface area contributed by atoms with Gasteiger partial charge in [-0.2, -0.15) is 0 Å². The zero-order valence-corrected chi connectivity index (χ0v) is 38.7. The summed E-state index contributed by atoms with van der Waals surface area (Å²) in [6, 6.07) is 9.79. The van der Waals surface area contributed by atoms with Crippen molar-refractivity contribution in [2.75, 3.05) is 68.0 Å². The lowest BCUT2D eigenvalue weighted by Crippen LogP contribution is -2.51. The first kappa shape index (κ1) is 48.3. The molecule has 5 atom stereocenters. The Morgan fingerprint density at radius 3 is 1.54 bits per heavy atom. The van der Waals surface area contributed by atoms with Crippen LogP contribution >= 0.6 is 0 Å². The van der Waals surface area contributed by atoms with Crippen LogP contribution in [0, 0.1) is 11.8 Å². The summed E-state index contributed by atoms with van der Waals surface area (Å²) in [5.74, 6) is 1.92. The van der Waals surface area contributed by atoms with E-state index in [4.69, 9.17) is 38.4 Å². The van der Waals surface area contributed by atoms with Gasteiger partial charge in [0, 0.05) is 49.6 Å². The predicted octanol–water partition coefficient (Wildman–Crippen LogP) is 6.66. The maximum atomic E-state index is 13.9. The second-order valence-corrected chi connectivity index (χ2v) is 16.7. The van der Waals surface area contributed by atoms with Crippen LogP contribution in [0.2, 0.25) is 0 Å². The maximum absolute atomic E-state index is 13.9. The summed E-state index contributed by atoms with van der Waals surface area (Å²) in [5, 5.41) is 5.45. The van der Waals surface area contributed by atoms with Crippen molar-refractivity contribution in [1.29, 1.82) is 0 Å². The van der Waals surface area contributed by atoms with Crippen LogP contribution in [0.25, 0.3) is 33.6 Å². The first-order valence-electron chi connectivity index (χ1n) is 22.3. The van der Waals surface area contributed by atoms with Gasteiger partial charge in [-0.15, -0.1) is 0 Å². The number of methoxy groups -OCH3 is 4. The smallest absolute Gasteiger partial charge is 0.407 e. The number of aromatic nitrogens is 4. The zero-order valence-electron chi connectivity index (χ0n) is 38.7. The van der Waals surface area contributed by atoms with Gasteiger partial charge in [0.15, 0.2) is 0 Å². The average Bonchev–Trinajstić information content (AvgIpc) is 4.17. The van der Waals surface area contributed by atoms with E-state index in [1.165, 1.54) is 14.2 Å². The Morgan fingerprint density at radius 2 is 1.12 bits per heavy atom. The molecule has 0 spiro atoms. The van der Waals surface area contributed by atoms with Crippen molar-refractivity contribution in [3.8, 4) is 45.1 Å². The van der Waals surface area contributed by atoms with E-state index in [0.29, 0.717) is 69.1 Å². The van der Waals surface area contributed by atoms with Crippen molar-refractivity contribution in [2.24, 2.45) is 11.8 Å². The van der Waals surface area contributed by atoms with Crippen LogP contribution in [0.15, 0.2) is 48.8 Å². The Balaban J connectivity index is 1.28. The topological polar surface area (TPSA) is 212 Å². The molecule has 4 N–H and O–H groups in total. The standard InChI is InChI=1S/C47H64N8O10/c1-9-29(4)41(53-47(59)63-8)45(57)55-19-11-13-37(55)43-49-27-35(51-43)31-15-17-33(39(25-31)65-23-21-61-6)32-16-14-30(24-38(32)64-22-20-60-5)34-26-48-42(50-34)36-12-10-18-54(36)44(56)40(28(2)3)52-46(58)62-7/h14-17,24-29,36-37,40-41H,9-13,18-23H2,1-8H3,(H,48,50)(H,49,51)(H,52,58)(H,53,59). The highest BCUT2D eigenvalue weighted by Gasteiger charge is 2.39. The molecule has 0 bridgehead atoms. The van der Waals surface area contributed by atoms with Crippen LogP contribution in [0.3, 0.4) is 0 Å². The van der Waals surface area contributed by atoms with Gasteiger partial charge >= 0.3 is 12.2 Å². The van der Waals surface area contributed by atoms with Gasteiger partial charge in [0.05, 0.1) is 63.3 Å². The molecule has 18 heteroatoms. The minimum atomic E-state index is -0.738. The number of nitrogens with zero attached hydrogens (tertiary/aromatic N) is 4. The summed E-state index contributed by atoms with van der Waals surface area (Å²) in [6.07, 6.45) is 5.98. The lowest BCUT2D eigenvalue weighted by atomic mass is 9.97. The van der Waals surface area contributed by atoms with Gasteiger partial charge in [-0.3, -0.25) is 9.59 Å². The molecule has 6 rings (SSSR count). The fourth-order valence-electron chi connectivity index (χ4n) is 8.39. The summed E-state index contributed by atoms with van der Waals surface area (Å²) in [7, 11) is 5.81. The summed E-state index contributed by atoms with van der Waals surface area (Å²) in [5.41, 5.74) is 4.71. The third-order valence-corrected chi connectivity index (χ3v) is 12.2. The molecule has 2 saturated heterocycles. The quantitative estimate of drug-likeness (QED) is 0.0686. The second kappa shape index (κ2) is 22.7. The molecule has 352 valence electrons. The number of rotatable bonds is 20. The number of alkyl carbamates (subject to hydrolysis) is 2. The molecule has 2 aliphatic heterocycles. The number of likely N-dealkylation sites (tertiary alicyclic amines) is 2. The SMILES string of the molecule is CCC(C)C(NC(=O)OC)C(=O)N1CCCC1c1ncc(-c2ccc(-c3ccc(-c4cnc(C5CCCN5C(=O)C(NC(=O)OC)C(C)C)[nH]4)cc3OCCOC)c(OCCOC)c2)[nH]1. The summed E-state index contributed by atoms with van der Waals surface area (Å²) in [4.78, 5) is 72.0. The van der Waals surface area contributed by atoms with Crippen LogP contribution in [-0.2, 0) is 28.5 Å². The number of ether oxygens (including phenoxy) is 6. The Morgan fingerprint density at radius 1 is 0.677 bits per heavy atom. The molecule has 65 heavy (non-hydrogen) atoms. The first-order valence-corrected chi connectivity index (χ1v) is 22.3. The lowest BCUT2D eigenvalue weighted by Gasteiger charge is -2.30. The highest BCUT2D eigenvalue weighted by atomic mass is 16.5. The van der Waals surface area contributed by atoms with Gasteiger partial charge in [0.1, 0.15) is 48.4 Å². The van der Waals surface area contributed by atoms with Crippen LogP contribution in [0.4, 0.5) is 9.59 Å². The molecule has 0 saturated carbocycles. The Bertz CT molecular complexity index is 2240. The molecule has 4 heterocycles. The zero-order chi connectivity index (χ0) is 46.6. The van der Waals surface area contributed by atoms with E-state index in [9.17, 15) is 19.2 Å². The number of H-pyrrole nitrogens is 2. The lowest BCUT2D eigenvalue weighted by molar-refractivity contribution is -0.136. The van der Waals surface area contributed by atoms with Crippen LogP contribution in [-0.4, -0.2) is 134 Å². The first-order chi connectivity index (χ1) is 31.4. The summed E-state index contributed by atoms with van der Waals surface area (Å²) < 4.78 is 33.1. The van der Waals surface area contributed by atoms with Crippen molar-refractivity contribution in [2.45, 2.75) is 84.0 Å². The predicted molar refractivity (Wildman–Crippen MR) is 242 cm³/mol. The fraction of sp³-hybridized carbons (Fsp3) is 0.532. The van der Waals surface area contributed by atoms with E-state index in [0.717, 1.165) is 59.3 Å². The molecule has 2 aromatic heterocycles. The van der Waals surface area contributed by atoms with Crippen LogP contribution < -0.4 is 20.1 Å². The number of benzene rings is 2. The van der Waals surface area contributed by atoms with Gasteiger partial charge in [-0.1, -0.05) is 46.2 Å². The number of hydrogen-bond acceptors (Lipinski definition) is 12. The van der Waals surface area contributed by atoms with E-state index in [2.05, 4.69) is 20.6 Å². The minimum Gasteiger partial charge on any atom is -0.491 e. The summed E-state index contributed by atoms with van der Waals surface area (Å²) >= 11 is 0. The third kappa shape index (κ3) is 11.4. The molecule has 2 fully saturated rings. The second-order valence-electron chi connectivity index (χ2n) is 16.7. The van der Waals surface area contributed by atoms with E-state index >= 15 is 0 Å². The monoisotopic (exact) mass is 900 g/mol. The van der Waals surface area contributed by atoms with Gasteiger partial charge in [0.2, 0.25) is 11.8 Å². The minimum absolute atomic E-state index is 0.0973. The Hall–Kier alpha value is -6.14. The van der Waals surface area contributed by atoms with E-state index in [1.807, 2.05) is 64.1 Å². The molecular weight excluding hydrogens is 837 g/mol. The van der Waals surface area contributed by atoms with Crippen molar-refractivity contribution >= 4 is 24.0 Å². The largest absolute Gasteiger partial charge is 0.491 e. The van der Waals surface area contributed by atoms with Crippen LogP contribution in [0.5, 0.6) is 11.5 Å². The van der Waals surface area contributed by atoms with Crippen molar-refractivity contribution in [3.63, 3.8) is 0 Å². The average molecular weight is 901 g/mol. The molecule has 2 aromatic carbocycles. The van der Waals surface area contributed by atoms with E-state index < -0.39 is 24.3 Å². The Kier molecular flexibility index (Phi) is 16.8. The maximum Gasteiger partial charge on any atom is 0.407 e. The van der Waals surface area contributed by atoms with Crippen molar-refractivity contribution < 1.29 is 47.6 Å². The number of aromatic amines is 2. The van der Waals surface area contributed by atoms with Crippen molar-refractivity contribution in [3.05, 3.63) is 60.4 Å². The number of nitrogens with one attached hydrogen (secondary N) is 4. The molecule has 0 radical (unpaired) electrons. The molecular formula is C47H64N8O10. The summed E-state index contributed by atoms with van der Waals surface area (Å²) in [6.45, 7) is 10.1. The van der Waals surface area contributed by atoms with E-state index in [-0.39, 0.29) is 35.7 Å². The molecule has 18 nitrogen and oxygen atoms in total. The molecule has 2 aliphatic rings. The number of carbonyl (C=O) groups excluding carboxylic acids is 4. The fourth-order valence-corrected chi connectivity index (χ4v) is 8.39.